The Balaban J connectivity index is 2.03. The predicted molar refractivity (Wildman–Crippen MR) is 140 cm³/mol. The highest BCUT2D eigenvalue weighted by atomic mass is 16.3. The van der Waals surface area contributed by atoms with Crippen molar-refractivity contribution in [3.05, 3.63) is 45.7 Å². The zero-order chi connectivity index (χ0) is 28.5. The summed E-state index contributed by atoms with van der Waals surface area (Å²) in [5, 5.41) is 45.4. The normalized spacial score (nSPS) is 31.0. The van der Waals surface area contributed by atoms with Crippen molar-refractivity contribution in [2.75, 3.05) is 27.2 Å². The van der Waals surface area contributed by atoms with E-state index in [-0.39, 0.29) is 29.7 Å². The van der Waals surface area contributed by atoms with Gasteiger partial charge in [0.25, 0.3) is 5.91 Å². The molecule has 38 heavy (non-hydrogen) atoms. The molecule has 10 heteroatoms. The van der Waals surface area contributed by atoms with Crippen molar-refractivity contribution in [3.8, 4) is 5.75 Å². The van der Waals surface area contributed by atoms with Gasteiger partial charge in [-0.15, -0.1) is 0 Å². The number of fused-ring (bicyclic) bond motifs is 3. The number of carbonyl (C=O) groups is 3. The Morgan fingerprint density at radius 1 is 1.11 bits per heavy atom. The van der Waals surface area contributed by atoms with Crippen molar-refractivity contribution >= 4 is 23.2 Å². The number of phenols is 1. The number of aliphatic hydroxyl groups excluding tert-OH is 2. The molecular formula is C28H37N3O7. The van der Waals surface area contributed by atoms with E-state index in [2.05, 4.69) is 4.90 Å². The lowest BCUT2D eigenvalue weighted by atomic mass is 9.46. The van der Waals surface area contributed by atoms with Crippen LogP contribution in [0, 0.1) is 10.8 Å². The van der Waals surface area contributed by atoms with E-state index in [1.165, 1.54) is 17.9 Å². The van der Waals surface area contributed by atoms with E-state index < -0.39 is 57.0 Å². The van der Waals surface area contributed by atoms with Gasteiger partial charge in [-0.3, -0.25) is 24.2 Å². The number of hydrogen-bond acceptors (Lipinski definition) is 9. The van der Waals surface area contributed by atoms with Crippen molar-refractivity contribution < 1.29 is 34.8 Å². The zero-order valence-corrected chi connectivity index (χ0v) is 22.8. The number of aliphatic hydroxyl groups is 3. The number of phenolic OH excluding ortho intramolecular Hbond substituents is 1. The molecular weight excluding hydrogens is 490 g/mol. The number of benzene rings is 1. The molecule has 0 aromatic heterocycles. The maximum atomic E-state index is 14.2. The van der Waals surface area contributed by atoms with Crippen LogP contribution < -0.4 is 5.73 Å². The first-order valence-corrected chi connectivity index (χ1v) is 12.8. The van der Waals surface area contributed by atoms with Crippen LogP contribution in [0.4, 0.5) is 0 Å². The summed E-state index contributed by atoms with van der Waals surface area (Å²) in [5.41, 5.74) is 0.723. The minimum atomic E-state index is -2.71. The Kier molecular flexibility index (Phi) is 6.54. The second-order valence-corrected chi connectivity index (χ2v) is 11.5. The lowest BCUT2D eigenvalue weighted by molar-refractivity contribution is -0.176. The van der Waals surface area contributed by atoms with Crippen molar-refractivity contribution in [1.29, 1.82) is 0 Å². The molecule has 1 amide bonds. The number of nitrogens with zero attached hydrogens (tertiary/aromatic N) is 2. The fourth-order valence-corrected chi connectivity index (χ4v) is 7.22. The molecule has 6 N–H and O–H groups in total. The van der Waals surface area contributed by atoms with Gasteiger partial charge in [-0.1, -0.05) is 33.8 Å². The molecule has 3 aliphatic rings. The molecule has 4 rings (SSSR count). The summed E-state index contributed by atoms with van der Waals surface area (Å²) in [7, 11) is 3.17. The SMILES string of the molecule is CCN(CC)Cc1ccc(O)c2c1C[C@@]1(C)C[C@@]3(C)[C@H](N(C)C)C(=O)C(C(N)=O)=C(O)[C@@]3(O)C(=O)C1=C2O. The predicted octanol–water partition coefficient (Wildman–Crippen LogP) is 1.59. The monoisotopic (exact) mass is 527 g/mol. The Labute approximate surface area is 222 Å². The van der Waals surface area contributed by atoms with Crippen LogP contribution in [0.15, 0.2) is 29.0 Å². The second-order valence-electron chi connectivity index (χ2n) is 11.5. The van der Waals surface area contributed by atoms with Crippen molar-refractivity contribution in [1.82, 2.24) is 9.80 Å². The van der Waals surface area contributed by atoms with Gasteiger partial charge in [0.05, 0.1) is 11.6 Å². The van der Waals surface area contributed by atoms with Crippen LogP contribution in [0.1, 0.15) is 50.8 Å². The molecule has 0 spiro atoms. The smallest absolute Gasteiger partial charge is 0.255 e. The number of amides is 1. The molecule has 0 bridgehead atoms. The summed E-state index contributed by atoms with van der Waals surface area (Å²) in [6.07, 6.45) is 0.248. The number of primary amides is 1. The highest BCUT2D eigenvalue weighted by Crippen LogP contribution is 2.63. The molecule has 3 aliphatic carbocycles. The Hall–Kier alpha value is -3.21. The number of hydrogen-bond donors (Lipinski definition) is 5. The summed E-state index contributed by atoms with van der Waals surface area (Å²) >= 11 is 0. The van der Waals surface area contributed by atoms with Crippen LogP contribution in [0.2, 0.25) is 0 Å². The summed E-state index contributed by atoms with van der Waals surface area (Å²) in [4.78, 5) is 43.6. The molecule has 1 aromatic rings. The second kappa shape index (κ2) is 8.93. The van der Waals surface area contributed by atoms with Gasteiger partial charge in [-0.25, -0.2) is 0 Å². The Bertz CT molecular complexity index is 1310. The number of likely N-dealkylation sites (N-methyl/N-ethyl adjacent to an activating group) is 1. The molecule has 206 valence electrons. The maximum absolute atomic E-state index is 14.2. The molecule has 1 fully saturated rings. The largest absolute Gasteiger partial charge is 0.508 e. The molecule has 0 aliphatic heterocycles. The Morgan fingerprint density at radius 2 is 1.71 bits per heavy atom. The average molecular weight is 528 g/mol. The molecule has 0 radical (unpaired) electrons. The maximum Gasteiger partial charge on any atom is 0.255 e. The van der Waals surface area contributed by atoms with E-state index in [9.17, 15) is 34.8 Å². The van der Waals surface area contributed by atoms with Gasteiger partial charge in [-0.05, 0) is 57.2 Å². The molecule has 0 saturated heterocycles. The first-order chi connectivity index (χ1) is 17.6. The number of ketones is 2. The number of aromatic hydroxyl groups is 1. The van der Waals surface area contributed by atoms with Crippen LogP contribution in [0.5, 0.6) is 5.75 Å². The standard InChI is InChI=1S/C28H37N3O7/c1-7-31(8-2)12-14-9-10-16(32)17-15(14)11-26(3)13-27(4)22(30(5)6)21(34)18(25(29)37)23(35)28(27,38)24(36)19(26)20(17)33/h9-10,22,32-33,35,38H,7-8,11-13H2,1-6H3,(H2,29,37)/t22-,26+,27+,28-/m1/s1. The van der Waals surface area contributed by atoms with Gasteiger partial charge in [0, 0.05) is 22.9 Å². The molecule has 10 nitrogen and oxygen atoms in total. The van der Waals surface area contributed by atoms with E-state index in [1.807, 2.05) is 13.8 Å². The lowest BCUT2D eigenvalue weighted by Crippen LogP contribution is -2.72. The van der Waals surface area contributed by atoms with E-state index in [4.69, 9.17) is 5.73 Å². The zero-order valence-electron chi connectivity index (χ0n) is 22.8. The van der Waals surface area contributed by atoms with Gasteiger partial charge in [0.1, 0.15) is 22.8 Å². The molecule has 1 saturated carbocycles. The van der Waals surface area contributed by atoms with Gasteiger partial charge in [-0.2, -0.15) is 0 Å². The van der Waals surface area contributed by atoms with E-state index in [0.717, 1.165) is 18.7 Å². The summed E-state index contributed by atoms with van der Waals surface area (Å²) in [6, 6.07) is 2.10. The highest BCUT2D eigenvalue weighted by molar-refractivity contribution is 6.25. The molecule has 4 atom stereocenters. The van der Waals surface area contributed by atoms with Crippen molar-refractivity contribution in [3.63, 3.8) is 0 Å². The first-order valence-electron chi connectivity index (χ1n) is 12.8. The summed E-state index contributed by atoms with van der Waals surface area (Å²) in [6.45, 7) is 9.54. The average Bonchev–Trinajstić information content (AvgIpc) is 2.80. The van der Waals surface area contributed by atoms with Crippen LogP contribution in [-0.4, -0.2) is 86.5 Å². The topological polar surface area (TPSA) is 165 Å². The van der Waals surface area contributed by atoms with Crippen LogP contribution >= 0.6 is 0 Å². The highest BCUT2D eigenvalue weighted by Gasteiger charge is 2.72. The van der Waals surface area contributed by atoms with E-state index >= 15 is 0 Å². The summed E-state index contributed by atoms with van der Waals surface area (Å²) in [5.74, 6) is -4.88. The minimum Gasteiger partial charge on any atom is -0.508 e. The lowest BCUT2D eigenvalue weighted by Gasteiger charge is -2.59. The number of carbonyl (C=O) groups excluding carboxylic acids is 3. The quantitative estimate of drug-likeness (QED) is 0.345. The van der Waals surface area contributed by atoms with Crippen molar-refractivity contribution in [2.24, 2.45) is 16.6 Å². The number of Topliss-reactive ketones (excluding diaryl/α,β-unsaturated/α-hetero) is 2. The van der Waals surface area contributed by atoms with Gasteiger partial charge in [0.2, 0.25) is 5.78 Å². The van der Waals surface area contributed by atoms with Crippen LogP contribution in [-0.2, 0) is 27.3 Å². The Morgan fingerprint density at radius 3 is 2.24 bits per heavy atom. The first kappa shape index (κ1) is 27.8. The number of rotatable bonds is 6. The van der Waals surface area contributed by atoms with Gasteiger partial charge < -0.3 is 26.2 Å². The fraction of sp³-hybridized carbons (Fsp3) is 0.536. The van der Waals surface area contributed by atoms with E-state index in [0.29, 0.717) is 12.1 Å². The third kappa shape index (κ3) is 3.47. The third-order valence-electron chi connectivity index (χ3n) is 8.90. The van der Waals surface area contributed by atoms with Crippen LogP contribution in [0.25, 0.3) is 5.76 Å². The molecule has 0 heterocycles. The van der Waals surface area contributed by atoms with Crippen molar-refractivity contribution in [2.45, 2.75) is 58.7 Å². The molecule has 0 unspecified atom stereocenters. The fourth-order valence-electron chi connectivity index (χ4n) is 7.22. The minimum absolute atomic E-state index is 0.00608. The van der Waals surface area contributed by atoms with Gasteiger partial charge >= 0.3 is 0 Å². The number of nitrogens with two attached hydrogens (primary N) is 1. The summed E-state index contributed by atoms with van der Waals surface area (Å²) < 4.78 is 0. The van der Waals surface area contributed by atoms with Crippen LogP contribution in [0.3, 0.4) is 0 Å². The van der Waals surface area contributed by atoms with E-state index in [1.54, 1.807) is 27.1 Å². The third-order valence-corrected chi connectivity index (χ3v) is 8.90. The molecule has 1 aromatic carbocycles. The van der Waals surface area contributed by atoms with Gasteiger partial charge in [0.15, 0.2) is 11.4 Å².